The first-order valence-electron chi connectivity index (χ1n) is 8.74. The summed E-state index contributed by atoms with van der Waals surface area (Å²) in [6, 6.07) is 11.0. The second-order valence-electron chi connectivity index (χ2n) is 6.74. The normalized spacial score (nSPS) is 17.8. The van der Waals surface area contributed by atoms with Crippen molar-refractivity contribution in [2.24, 2.45) is 0 Å². The maximum absolute atomic E-state index is 12.4. The van der Waals surface area contributed by atoms with E-state index >= 15 is 0 Å². The predicted molar refractivity (Wildman–Crippen MR) is 98.4 cm³/mol. The number of hydrogen-bond acceptors (Lipinski definition) is 5. The first kappa shape index (κ1) is 17.2. The van der Waals surface area contributed by atoms with Gasteiger partial charge in [-0.1, -0.05) is 6.07 Å². The molecule has 0 radical (unpaired) electrons. The summed E-state index contributed by atoms with van der Waals surface area (Å²) in [5, 5.41) is 2.81. The van der Waals surface area contributed by atoms with E-state index < -0.39 is 12.2 Å². The summed E-state index contributed by atoms with van der Waals surface area (Å²) >= 11 is 0. The number of nitrogens with one attached hydrogen (secondary N) is 1. The van der Waals surface area contributed by atoms with E-state index in [2.05, 4.69) is 5.32 Å². The van der Waals surface area contributed by atoms with Crippen LogP contribution in [0.25, 0.3) is 0 Å². The molecule has 0 spiro atoms. The first-order chi connectivity index (χ1) is 13.0. The zero-order valence-corrected chi connectivity index (χ0v) is 15.2. The van der Waals surface area contributed by atoms with E-state index in [1.54, 1.807) is 23.1 Å². The molecule has 2 aliphatic rings. The summed E-state index contributed by atoms with van der Waals surface area (Å²) in [4.78, 5) is 26.2. The van der Waals surface area contributed by atoms with Crippen molar-refractivity contribution in [2.45, 2.75) is 20.0 Å². The summed E-state index contributed by atoms with van der Waals surface area (Å²) < 4.78 is 15.9. The summed E-state index contributed by atoms with van der Waals surface area (Å²) in [7, 11) is 0. The molecule has 2 heterocycles. The summed E-state index contributed by atoms with van der Waals surface area (Å²) in [6.45, 7) is 4.76. The molecule has 27 heavy (non-hydrogen) atoms. The van der Waals surface area contributed by atoms with E-state index in [4.69, 9.17) is 14.2 Å². The van der Waals surface area contributed by atoms with Crippen molar-refractivity contribution in [3.8, 4) is 11.5 Å². The molecule has 0 aliphatic carbocycles. The van der Waals surface area contributed by atoms with Crippen LogP contribution in [0.15, 0.2) is 36.4 Å². The number of carbonyl (C=O) groups excluding carboxylic acids is 2. The highest BCUT2D eigenvalue weighted by Gasteiger charge is 2.32. The van der Waals surface area contributed by atoms with Crippen LogP contribution in [0.2, 0.25) is 0 Å². The van der Waals surface area contributed by atoms with Gasteiger partial charge in [-0.2, -0.15) is 0 Å². The number of benzene rings is 2. The summed E-state index contributed by atoms with van der Waals surface area (Å²) in [6.07, 6.45) is -0.807. The molecule has 0 aromatic heterocycles. The number of fused-ring (bicyclic) bond motifs is 1. The molecule has 1 fully saturated rings. The average Bonchev–Trinajstić information content (AvgIpc) is 3.24. The van der Waals surface area contributed by atoms with Gasteiger partial charge in [-0.05, 0) is 55.3 Å². The topological polar surface area (TPSA) is 77.1 Å². The van der Waals surface area contributed by atoms with Gasteiger partial charge >= 0.3 is 6.09 Å². The smallest absolute Gasteiger partial charge is 0.414 e. The number of hydrogen-bond donors (Lipinski definition) is 1. The zero-order chi connectivity index (χ0) is 19.0. The van der Waals surface area contributed by atoms with Crippen molar-refractivity contribution in [3.63, 3.8) is 0 Å². The number of ether oxygens (including phenoxy) is 3. The van der Waals surface area contributed by atoms with Crippen LogP contribution in [0, 0.1) is 13.8 Å². The molecule has 140 valence electrons. The maximum Gasteiger partial charge on any atom is 0.414 e. The highest BCUT2D eigenvalue weighted by atomic mass is 16.7. The maximum atomic E-state index is 12.4. The van der Waals surface area contributed by atoms with E-state index in [0.29, 0.717) is 23.6 Å². The lowest BCUT2D eigenvalue weighted by molar-refractivity contribution is 0.0915. The van der Waals surface area contributed by atoms with Crippen molar-refractivity contribution in [2.75, 3.05) is 24.8 Å². The van der Waals surface area contributed by atoms with Crippen LogP contribution < -0.4 is 19.7 Å². The van der Waals surface area contributed by atoms with Gasteiger partial charge < -0.3 is 19.5 Å². The van der Waals surface area contributed by atoms with Crippen molar-refractivity contribution < 1.29 is 23.8 Å². The number of cyclic esters (lactones) is 1. The van der Waals surface area contributed by atoms with Gasteiger partial charge in [-0.15, -0.1) is 0 Å². The highest BCUT2D eigenvalue weighted by molar-refractivity contribution is 5.95. The molecule has 1 N–H and O–H groups in total. The lowest BCUT2D eigenvalue weighted by Crippen LogP contribution is -2.34. The minimum absolute atomic E-state index is 0.159. The fourth-order valence-corrected chi connectivity index (χ4v) is 3.29. The monoisotopic (exact) mass is 368 g/mol. The van der Waals surface area contributed by atoms with E-state index in [1.807, 2.05) is 32.0 Å². The van der Waals surface area contributed by atoms with E-state index in [-0.39, 0.29) is 19.2 Å². The molecular weight excluding hydrogens is 348 g/mol. The largest absolute Gasteiger partial charge is 0.454 e. The van der Waals surface area contributed by atoms with Crippen LogP contribution in [0.1, 0.15) is 21.5 Å². The van der Waals surface area contributed by atoms with Crippen molar-refractivity contribution in [3.05, 3.63) is 53.1 Å². The van der Waals surface area contributed by atoms with Crippen LogP contribution in [-0.2, 0) is 4.74 Å². The lowest BCUT2D eigenvalue weighted by atomic mass is 10.1. The van der Waals surface area contributed by atoms with Crippen LogP contribution in [0.4, 0.5) is 10.5 Å². The molecule has 4 rings (SSSR count). The summed E-state index contributed by atoms with van der Waals surface area (Å²) in [5.74, 6) is 0.922. The fraction of sp³-hybridized carbons (Fsp3) is 0.300. The van der Waals surface area contributed by atoms with E-state index in [0.717, 1.165) is 16.8 Å². The summed E-state index contributed by atoms with van der Waals surface area (Å²) in [5.41, 5.74) is 3.44. The minimum atomic E-state index is -0.406. The lowest BCUT2D eigenvalue weighted by Gasteiger charge is -2.15. The quantitative estimate of drug-likeness (QED) is 0.898. The number of anilines is 1. The Hall–Kier alpha value is -3.22. The first-order valence-corrected chi connectivity index (χ1v) is 8.74. The van der Waals surface area contributed by atoms with Gasteiger partial charge in [0.25, 0.3) is 5.91 Å². The van der Waals surface area contributed by atoms with E-state index in [9.17, 15) is 9.59 Å². The number of amides is 2. The van der Waals surface area contributed by atoms with Gasteiger partial charge in [0, 0.05) is 11.3 Å². The Morgan fingerprint density at radius 2 is 1.85 bits per heavy atom. The van der Waals surface area contributed by atoms with Crippen molar-refractivity contribution in [1.29, 1.82) is 0 Å². The van der Waals surface area contributed by atoms with Gasteiger partial charge in [0.2, 0.25) is 6.79 Å². The molecule has 1 atom stereocenters. The molecule has 1 unspecified atom stereocenters. The third kappa shape index (κ3) is 3.53. The second kappa shape index (κ2) is 6.83. The Bertz CT molecular complexity index is 891. The number of carbonyl (C=O) groups is 2. The molecule has 0 bridgehead atoms. The third-order valence-electron chi connectivity index (χ3n) is 4.52. The molecular formula is C20H20N2O5. The van der Waals surface area contributed by atoms with Gasteiger partial charge in [0.05, 0.1) is 13.1 Å². The van der Waals surface area contributed by atoms with E-state index in [1.165, 1.54) is 0 Å². The standard InChI is InChI=1S/C20H20N2O5/c1-12-5-13(2)7-15(6-12)22-10-16(27-20(22)24)9-21-19(23)14-3-4-17-18(8-14)26-11-25-17/h3-8,16H,9-11H2,1-2H3,(H,21,23). The van der Waals surface area contributed by atoms with Crippen molar-refractivity contribution in [1.82, 2.24) is 5.32 Å². The Morgan fingerprint density at radius 3 is 2.63 bits per heavy atom. The molecule has 2 amide bonds. The molecule has 7 heteroatoms. The van der Waals surface area contributed by atoms with Crippen molar-refractivity contribution >= 4 is 17.7 Å². The molecule has 2 aromatic rings. The zero-order valence-electron chi connectivity index (χ0n) is 15.2. The molecule has 7 nitrogen and oxygen atoms in total. The molecule has 1 saturated heterocycles. The Morgan fingerprint density at radius 1 is 1.11 bits per heavy atom. The van der Waals surface area contributed by atoms with Gasteiger partial charge in [-0.25, -0.2) is 4.79 Å². The third-order valence-corrected chi connectivity index (χ3v) is 4.52. The predicted octanol–water partition coefficient (Wildman–Crippen LogP) is 2.79. The van der Waals surface area contributed by atoms with Gasteiger partial charge in [0.15, 0.2) is 11.5 Å². The Labute approximate surface area is 156 Å². The molecule has 0 saturated carbocycles. The molecule has 2 aliphatic heterocycles. The Balaban J connectivity index is 1.38. The number of nitrogens with zero attached hydrogens (tertiary/aromatic N) is 1. The number of aryl methyl sites for hydroxylation is 2. The van der Waals surface area contributed by atoms with Gasteiger partial charge in [-0.3, -0.25) is 9.69 Å². The average molecular weight is 368 g/mol. The fourth-order valence-electron chi connectivity index (χ4n) is 3.29. The van der Waals surface area contributed by atoms with Crippen LogP contribution in [-0.4, -0.2) is 38.0 Å². The van der Waals surface area contributed by atoms with Crippen LogP contribution >= 0.6 is 0 Å². The highest BCUT2D eigenvalue weighted by Crippen LogP contribution is 2.32. The second-order valence-corrected chi connectivity index (χ2v) is 6.74. The number of rotatable bonds is 4. The minimum Gasteiger partial charge on any atom is -0.454 e. The van der Waals surface area contributed by atoms with Crippen LogP contribution in [0.5, 0.6) is 11.5 Å². The Kier molecular flexibility index (Phi) is 4.35. The van der Waals surface area contributed by atoms with Gasteiger partial charge in [0.1, 0.15) is 6.10 Å². The van der Waals surface area contributed by atoms with Crippen LogP contribution in [0.3, 0.4) is 0 Å². The molecule has 2 aromatic carbocycles. The SMILES string of the molecule is Cc1cc(C)cc(N2CC(CNC(=O)c3ccc4c(c3)OCO4)OC2=O)c1.